The Morgan fingerprint density at radius 3 is 1.79 bits per heavy atom. The number of rotatable bonds is 0. The average molecular weight is 382 g/mol. The molecule has 0 aliphatic heterocycles. The van der Waals surface area contributed by atoms with Crippen molar-refractivity contribution in [1.29, 1.82) is 10.5 Å². The number of nitrogen functional groups attached to an aromatic ring is 1. The van der Waals surface area contributed by atoms with Crippen LogP contribution in [0.5, 0.6) is 0 Å². The maximum atomic E-state index is 7.13. The second-order valence-corrected chi connectivity index (χ2v) is 3.15. The molecule has 0 heterocycles. The van der Waals surface area contributed by atoms with Crippen molar-refractivity contribution in [3.63, 3.8) is 0 Å². The first kappa shape index (κ1) is 22.7. The van der Waals surface area contributed by atoms with E-state index >= 15 is 0 Å². The summed E-state index contributed by atoms with van der Waals surface area (Å²) < 4.78 is 0. The largest absolute Gasteiger partial charge is 0.696 e. The van der Waals surface area contributed by atoms with Crippen LogP contribution in [0.2, 0.25) is 0 Å². The maximum absolute atomic E-state index is 7.13. The molecule has 0 unspecified atom stereocenters. The predicted octanol–water partition coefficient (Wildman–Crippen LogP) is 3.17. The van der Waals surface area contributed by atoms with Gasteiger partial charge in [-0.05, 0) is 22.9 Å². The van der Waals surface area contributed by atoms with Gasteiger partial charge in [-0.3, -0.25) is 0 Å². The molecule has 104 valence electrons. The molecule has 2 aromatic carbocycles. The number of anilines is 1. The zero-order valence-electron chi connectivity index (χ0n) is 9.72. The van der Waals surface area contributed by atoms with E-state index in [2.05, 4.69) is 37.4 Å². The van der Waals surface area contributed by atoms with Crippen LogP contribution in [0.4, 0.5) is 5.69 Å². The number of nitrogens with zero attached hydrogens (tertiary/aromatic N) is 2. The number of nitriles is 2. The summed E-state index contributed by atoms with van der Waals surface area (Å²) in [6.45, 7) is 0. The molecule has 0 fully saturated rings. The third-order valence-corrected chi connectivity index (χ3v) is 1.77. The Labute approximate surface area is 137 Å². The summed E-state index contributed by atoms with van der Waals surface area (Å²) in [4.78, 5) is 0. The van der Waals surface area contributed by atoms with Crippen molar-refractivity contribution >= 4 is 41.7 Å². The van der Waals surface area contributed by atoms with Gasteiger partial charge >= 0.3 is 0 Å². The Morgan fingerprint density at radius 2 is 1.32 bits per heavy atom. The van der Waals surface area contributed by atoms with Gasteiger partial charge in [0.25, 0.3) is 0 Å². The molecule has 0 bridgehead atoms. The normalized spacial score (nSPS) is 6.63. The average Bonchev–Trinajstić information content (AvgIpc) is 2.31. The fourth-order valence-corrected chi connectivity index (χ4v) is 1.21. The minimum atomic E-state index is 0. The number of fused-ring (bicyclic) bond motifs is 1. The van der Waals surface area contributed by atoms with Crippen LogP contribution in [0.15, 0.2) is 42.5 Å². The molecule has 19 heavy (non-hydrogen) atoms. The minimum absolute atomic E-state index is 0. The van der Waals surface area contributed by atoms with Gasteiger partial charge in [0.1, 0.15) is 0 Å². The van der Waals surface area contributed by atoms with Crippen molar-refractivity contribution in [3.8, 4) is 10.8 Å². The van der Waals surface area contributed by atoms with Crippen LogP contribution < -0.4 is 5.73 Å². The van der Waals surface area contributed by atoms with Crippen LogP contribution in [0, 0.1) is 21.3 Å². The summed E-state index contributed by atoms with van der Waals surface area (Å²) >= 11 is 7.40. The van der Waals surface area contributed by atoms with Crippen LogP contribution in [0.25, 0.3) is 16.9 Å². The van der Waals surface area contributed by atoms with Crippen molar-refractivity contribution < 1.29 is 20.4 Å². The number of nitrogens with two attached hydrogens (primary N) is 2. The first-order valence-electron chi connectivity index (χ1n) is 4.46. The molecule has 4 nitrogen and oxygen atoms in total. The topological polar surface area (TPSA) is 107 Å². The number of thiocyanates is 2. The molecule has 2 aromatic rings. The second kappa shape index (κ2) is 14.6. The van der Waals surface area contributed by atoms with Crippen molar-refractivity contribution in [3.05, 3.63) is 48.6 Å². The van der Waals surface area contributed by atoms with E-state index in [0.717, 1.165) is 5.69 Å². The van der Waals surface area contributed by atoms with Crippen molar-refractivity contribution in [1.82, 2.24) is 0 Å². The van der Waals surface area contributed by atoms with E-state index in [1.54, 1.807) is 0 Å². The summed E-state index contributed by atoms with van der Waals surface area (Å²) in [5.74, 6) is 0. The fraction of sp³-hybridized carbons (Fsp3) is 0. The van der Waals surface area contributed by atoms with Crippen LogP contribution in [-0.2, 0) is 45.7 Å². The summed E-state index contributed by atoms with van der Waals surface area (Å²) in [5.41, 5.74) is 6.45. The first-order chi connectivity index (χ1) is 8.19. The molecule has 0 atom stereocenters. The number of hydrogen-bond acceptors (Lipinski definition) is 5. The Kier molecular flexibility index (Phi) is 17.4. The Morgan fingerprint density at radius 1 is 0.895 bits per heavy atom. The Balaban J connectivity index is -0.000000280. The van der Waals surface area contributed by atoms with Crippen molar-refractivity contribution in [2.75, 3.05) is 5.73 Å². The van der Waals surface area contributed by atoms with Crippen LogP contribution in [0.1, 0.15) is 0 Å². The van der Waals surface area contributed by atoms with Gasteiger partial charge in [-0.2, -0.15) is 0 Å². The summed E-state index contributed by atoms with van der Waals surface area (Å²) in [7, 11) is 0. The van der Waals surface area contributed by atoms with Gasteiger partial charge < -0.3 is 37.1 Å². The molecular formula is C12H11N4PdS2-3. The SMILES string of the molecule is N#C[S-].N#C[S-].Nc1ccc2ccccc2c1.[NH2-].[Pd]. The minimum Gasteiger partial charge on any atom is -0.696 e. The monoisotopic (exact) mass is 381 g/mol. The summed E-state index contributed by atoms with van der Waals surface area (Å²) in [6.07, 6.45) is 0. The standard InChI is InChI=1S/C10H9N.2CHNS.H2N.Pd/c11-10-6-5-8-3-1-2-4-9(8)7-10;2*2-1-3;;/h1-7H,11H2;2*3H;1H2;/q;;;-1;/p-2. The molecule has 0 aromatic heterocycles. The van der Waals surface area contributed by atoms with E-state index in [-0.39, 0.29) is 26.6 Å². The summed E-state index contributed by atoms with van der Waals surface area (Å²) in [5, 5.41) is 19.4. The van der Waals surface area contributed by atoms with Crippen molar-refractivity contribution in [2.45, 2.75) is 0 Å². The van der Waals surface area contributed by atoms with Crippen LogP contribution >= 0.6 is 0 Å². The van der Waals surface area contributed by atoms with Gasteiger partial charge in [0, 0.05) is 26.1 Å². The second-order valence-electron chi connectivity index (χ2n) is 2.79. The van der Waals surface area contributed by atoms with Crippen LogP contribution in [-0.4, -0.2) is 0 Å². The fourth-order valence-electron chi connectivity index (χ4n) is 1.21. The van der Waals surface area contributed by atoms with E-state index in [9.17, 15) is 0 Å². The summed E-state index contributed by atoms with van der Waals surface area (Å²) in [6, 6.07) is 14.1. The maximum Gasteiger partial charge on any atom is 0.0320 e. The van der Waals surface area contributed by atoms with E-state index < -0.39 is 0 Å². The third kappa shape index (κ3) is 10.2. The van der Waals surface area contributed by atoms with Crippen LogP contribution in [0.3, 0.4) is 0 Å². The predicted molar refractivity (Wildman–Crippen MR) is 79.6 cm³/mol. The molecular weight excluding hydrogens is 371 g/mol. The number of benzene rings is 2. The van der Waals surface area contributed by atoms with E-state index in [1.165, 1.54) is 21.6 Å². The molecule has 2 rings (SSSR count). The molecule has 7 heteroatoms. The van der Waals surface area contributed by atoms with Gasteiger partial charge in [-0.25, -0.2) is 10.5 Å². The van der Waals surface area contributed by atoms with E-state index in [4.69, 9.17) is 16.3 Å². The molecule has 0 spiro atoms. The van der Waals surface area contributed by atoms with Gasteiger partial charge in [-0.15, -0.1) is 0 Å². The molecule has 4 N–H and O–H groups in total. The van der Waals surface area contributed by atoms with Gasteiger partial charge in [0.05, 0.1) is 0 Å². The van der Waals surface area contributed by atoms with Gasteiger partial charge in [0.15, 0.2) is 0 Å². The quantitative estimate of drug-likeness (QED) is 0.326. The van der Waals surface area contributed by atoms with E-state index in [1.807, 2.05) is 30.3 Å². The molecule has 0 aliphatic carbocycles. The molecule has 0 saturated heterocycles. The number of hydrogen-bond donors (Lipinski definition) is 1. The molecule has 0 radical (unpaired) electrons. The van der Waals surface area contributed by atoms with E-state index in [0.29, 0.717) is 0 Å². The van der Waals surface area contributed by atoms with Gasteiger partial charge in [0.2, 0.25) is 0 Å². The zero-order chi connectivity index (χ0) is 13.1. The Hall–Kier alpha value is -1.46. The zero-order valence-corrected chi connectivity index (χ0v) is 12.9. The molecule has 0 saturated carbocycles. The third-order valence-electron chi connectivity index (χ3n) is 1.77. The van der Waals surface area contributed by atoms with Crippen molar-refractivity contribution in [2.24, 2.45) is 0 Å². The first-order valence-corrected chi connectivity index (χ1v) is 5.28. The van der Waals surface area contributed by atoms with Gasteiger partial charge in [-0.1, -0.05) is 41.1 Å². The Bertz CT molecular complexity index is 537. The molecule has 0 amide bonds. The molecule has 0 aliphatic rings. The smallest absolute Gasteiger partial charge is 0.0320 e.